The largest absolute Gasteiger partial charge is 0.496 e. The van der Waals surface area contributed by atoms with Gasteiger partial charge in [-0.25, -0.2) is 9.18 Å². The van der Waals surface area contributed by atoms with Crippen molar-refractivity contribution in [3.8, 4) is 5.75 Å². The number of carboxylic acids is 1. The summed E-state index contributed by atoms with van der Waals surface area (Å²) in [4.78, 5) is 10.6. The van der Waals surface area contributed by atoms with E-state index in [0.717, 1.165) is 5.56 Å². The third-order valence-corrected chi connectivity index (χ3v) is 2.55. The first-order valence-electron chi connectivity index (χ1n) is 4.98. The van der Waals surface area contributed by atoms with Gasteiger partial charge in [-0.2, -0.15) is 0 Å². The third kappa shape index (κ3) is 2.51. The molecule has 2 atom stereocenters. The maximum atomic E-state index is 13.4. The normalized spacial score (nSPS) is 14.2. The first-order valence-corrected chi connectivity index (χ1v) is 4.98. The topological polar surface area (TPSA) is 46.5 Å². The Morgan fingerprint density at radius 1 is 1.50 bits per heavy atom. The first-order chi connectivity index (χ1) is 7.47. The van der Waals surface area contributed by atoms with Crippen molar-refractivity contribution in [2.45, 2.75) is 25.9 Å². The van der Waals surface area contributed by atoms with Crippen molar-refractivity contribution in [2.24, 2.45) is 0 Å². The van der Waals surface area contributed by atoms with Crippen molar-refractivity contribution in [3.63, 3.8) is 0 Å². The van der Waals surface area contributed by atoms with Gasteiger partial charge in [-0.3, -0.25) is 0 Å². The SMILES string of the molecule is COc1ccc(C)cc1C(C)C(F)C(=O)O. The Labute approximate surface area is 93.9 Å². The molecule has 2 unspecified atom stereocenters. The lowest BCUT2D eigenvalue weighted by atomic mass is 9.94. The van der Waals surface area contributed by atoms with Crippen LogP contribution in [0.3, 0.4) is 0 Å². The molecule has 88 valence electrons. The highest BCUT2D eigenvalue weighted by atomic mass is 19.1. The molecule has 0 aliphatic carbocycles. The highest BCUT2D eigenvalue weighted by molar-refractivity contribution is 5.73. The number of benzene rings is 1. The molecule has 0 fully saturated rings. The van der Waals surface area contributed by atoms with Gasteiger partial charge in [-0.15, -0.1) is 0 Å². The molecule has 1 rings (SSSR count). The van der Waals surface area contributed by atoms with Crippen molar-refractivity contribution in [1.82, 2.24) is 0 Å². The van der Waals surface area contributed by atoms with Crippen LogP contribution in [-0.2, 0) is 4.79 Å². The van der Waals surface area contributed by atoms with Crippen LogP contribution >= 0.6 is 0 Å². The second-order valence-electron chi connectivity index (χ2n) is 3.77. The zero-order valence-corrected chi connectivity index (χ0v) is 9.53. The van der Waals surface area contributed by atoms with Crippen LogP contribution in [0.25, 0.3) is 0 Å². The lowest BCUT2D eigenvalue weighted by Crippen LogP contribution is -2.21. The van der Waals surface area contributed by atoms with Crippen LogP contribution in [0.2, 0.25) is 0 Å². The minimum atomic E-state index is -1.92. The molecule has 0 radical (unpaired) electrons. The van der Waals surface area contributed by atoms with Gasteiger partial charge < -0.3 is 9.84 Å². The fourth-order valence-electron chi connectivity index (χ4n) is 1.58. The maximum Gasteiger partial charge on any atom is 0.338 e. The quantitative estimate of drug-likeness (QED) is 0.858. The van der Waals surface area contributed by atoms with Gasteiger partial charge in [0.15, 0.2) is 0 Å². The lowest BCUT2D eigenvalue weighted by Gasteiger charge is -2.17. The van der Waals surface area contributed by atoms with E-state index in [9.17, 15) is 9.18 Å². The van der Waals surface area contributed by atoms with Gasteiger partial charge in [0.25, 0.3) is 0 Å². The first kappa shape index (κ1) is 12.5. The highest BCUT2D eigenvalue weighted by Gasteiger charge is 2.27. The molecule has 0 spiro atoms. The van der Waals surface area contributed by atoms with Gasteiger partial charge in [-0.05, 0) is 13.0 Å². The number of aryl methyl sites for hydroxylation is 1. The van der Waals surface area contributed by atoms with Crippen molar-refractivity contribution >= 4 is 5.97 Å². The van der Waals surface area contributed by atoms with Gasteiger partial charge in [-0.1, -0.05) is 24.6 Å². The number of alkyl halides is 1. The van der Waals surface area contributed by atoms with Crippen molar-refractivity contribution in [1.29, 1.82) is 0 Å². The van der Waals surface area contributed by atoms with Crippen LogP contribution in [0.4, 0.5) is 4.39 Å². The fraction of sp³-hybridized carbons (Fsp3) is 0.417. The highest BCUT2D eigenvalue weighted by Crippen LogP contribution is 2.31. The monoisotopic (exact) mass is 226 g/mol. The average molecular weight is 226 g/mol. The molecule has 0 saturated heterocycles. The van der Waals surface area contributed by atoms with Crippen molar-refractivity contribution in [2.75, 3.05) is 7.11 Å². The molecule has 0 aliphatic heterocycles. The summed E-state index contributed by atoms with van der Waals surface area (Å²) in [5.41, 5.74) is 1.53. The number of hydrogen-bond acceptors (Lipinski definition) is 2. The molecule has 0 aliphatic rings. The smallest absolute Gasteiger partial charge is 0.338 e. The van der Waals surface area contributed by atoms with Gasteiger partial charge in [0, 0.05) is 11.5 Å². The number of halogens is 1. The number of aliphatic carboxylic acids is 1. The number of rotatable bonds is 4. The van der Waals surface area contributed by atoms with Crippen LogP contribution in [0.5, 0.6) is 5.75 Å². The van der Waals surface area contributed by atoms with Crippen LogP contribution in [0, 0.1) is 6.92 Å². The number of methoxy groups -OCH3 is 1. The summed E-state index contributed by atoms with van der Waals surface area (Å²) in [7, 11) is 1.48. The number of carboxylic acid groups (broad SMARTS) is 1. The molecule has 3 nitrogen and oxygen atoms in total. The zero-order chi connectivity index (χ0) is 12.3. The molecule has 1 N–H and O–H groups in total. The zero-order valence-electron chi connectivity index (χ0n) is 9.53. The second-order valence-corrected chi connectivity index (χ2v) is 3.77. The van der Waals surface area contributed by atoms with E-state index in [4.69, 9.17) is 9.84 Å². The Morgan fingerprint density at radius 2 is 2.12 bits per heavy atom. The van der Waals surface area contributed by atoms with E-state index in [1.165, 1.54) is 14.0 Å². The predicted octanol–water partition coefficient (Wildman–Crippen LogP) is 2.53. The van der Waals surface area contributed by atoms with E-state index in [-0.39, 0.29) is 0 Å². The van der Waals surface area contributed by atoms with Crippen molar-refractivity contribution < 1.29 is 19.0 Å². The summed E-state index contributed by atoms with van der Waals surface area (Å²) in [6, 6.07) is 5.30. The summed E-state index contributed by atoms with van der Waals surface area (Å²) in [5.74, 6) is -1.66. The summed E-state index contributed by atoms with van der Waals surface area (Å²) in [6.07, 6.45) is -1.92. The minimum absolute atomic E-state index is 0.516. The van der Waals surface area contributed by atoms with Gasteiger partial charge >= 0.3 is 5.97 Å². The molecular weight excluding hydrogens is 211 g/mol. The van der Waals surface area contributed by atoms with E-state index in [2.05, 4.69) is 0 Å². The molecule has 4 heteroatoms. The Bertz CT molecular complexity index is 390. The fourth-order valence-corrected chi connectivity index (χ4v) is 1.58. The number of ether oxygens (including phenoxy) is 1. The van der Waals surface area contributed by atoms with Gasteiger partial charge in [0.05, 0.1) is 7.11 Å². The number of hydrogen-bond donors (Lipinski definition) is 1. The van der Waals surface area contributed by atoms with Crippen LogP contribution in [0.1, 0.15) is 24.0 Å². The Hall–Kier alpha value is -1.58. The Balaban J connectivity index is 3.10. The Morgan fingerprint density at radius 3 is 2.62 bits per heavy atom. The molecule has 1 aromatic carbocycles. The molecule has 0 saturated carbocycles. The minimum Gasteiger partial charge on any atom is -0.496 e. The van der Waals surface area contributed by atoms with Crippen molar-refractivity contribution in [3.05, 3.63) is 29.3 Å². The van der Waals surface area contributed by atoms with E-state index in [1.807, 2.05) is 13.0 Å². The summed E-state index contributed by atoms with van der Waals surface area (Å²) in [5, 5.41) is 8.63. The average Bonchev–Trinajstić information content (AvgIpc) is 2.26. The van der Waals surface area contributed by atoms with Crippen LogP contribution in [-0.4, -0.2) is 24.4 Å². The molecular formula is C12H15FO3. The van der Waals surface area contributed by atoms with E-state index < -0.39 is 18.1 Å². The van der Waals surface area contributed by atoms with Gasteiger partial charge in [0.2, 0.25) is 6.17 Å². The molecule has 16 heavy (non-hydrogen) atoms. The lowest BCUT2D eigenvalue weighted by molar-refractivity contribution is -0.143. The standard InChI is InChI=1S/C12H15FO3/c1-7-4-5-10(16-3)9(6-7)8(2)11(13)12(14)15/h4-6,8,11H,1-3H3,(H,14,15). The summed E-state index contributed by atoms with van der Waals surface area (Å²) >= 11 is 0. The van der Waals surface area contributed by atoms with E-state index in [1.54, 1.807) is 12.1 Å². The van der Waals surface area contributed by atoms with E-state index >= 15 is 0 Å². The van der Waals surface area contributed by atoms with Gasteiger partial charge in [0.1, 0.15) is 5.75 Å². The summed E-state index contributed by atoms with van der Waals surface area (Å²) < 4.78 is 18.5. The second kappa shape index (κ2) is 4.96. The summed E-state index contributed by atoms with van der Waals surface area (Å²) in [6.45, 7) is 3.40. The molecule has 0 amide bonds. The number of carbonyl (C=O) groups is 1. The van der Waals surface area contributed by atoms with Crippen LogP contribution < -0.4 is 4.74 Å². The predicted molar refractivity (Wildman–Crippen MR) is 58.7 cm³/mol. The molecule has 0 heterocycles. The molecule has 1 aromatic rings. The van der Waals surface area contributed by atoms with E-state index in [0.29, 0.717) is 11.3 Å². The van der Waals surface area contributed by atoms with Crippen LogP contribution in [0.15, 0.2) is 18.2 Å². The molecule has 0 bridgehead atoms. The third-order valence-electron chi connectivity index (χ3n) is 2.55. The molecule has 0 aromatic heterocycles. The Kier molecular flexibility index (Phi) is 3.88. The maximum absolute atomic E-state index is 13.4.